The molecule has 1 heteroatoms. The predicted molar refractivity (Wildman–Crippen MR) is 38.1 cm³/mol. The van der Waals surface area contributed by atoms with Gasteiger partial charge in [0.25, 0.3) is 0 Å². The Morgan fingerprint density at radius 3 is 2.67 bits per heavy atom. The second-order valence-corrected chi connectivity index (χ2v) is 2.48. The molecule has 0 heterocycles. The number of rotatable bonds is 2. The average Bonchev–Trinajstić information content (AvgIpc) is 2.34. The van der Waals surface area contributed by atoms with E-state index in [1.54, 1.807) is 0 Å². The maximum absolute atomic E-state index is 5.06. The Morgan fingerprint density at radius 2 is 2.11 bits per heavy atom. The highest BCUT2D eigenvalue weighted by molar-refractivity contribution is 4.88. The van der Waals surface area contributed by atoms with Gasteiger partial charge in [-0.25, -0.2) is 5.32 Å². The van der Waals surface area contributed by atoms with Crippen LogP contribution in [0.3, 0.4) is 0 Å². The number of hydrogen-bond donors (Lipinski definition) is 0. The molecule has 1 nitrogen and oxygen atoms in total. The first kappa shape index (κ1) is 6.64. The zero-order valence-electron chi connectivity index (χ0n) is 5.64. The minimum Gasteiger partial charge on any atom is -0.226 e. The van der Waals surface area contributed by atoms with Crippen molar-refractivity contribution in [1.82, 2.24) is 5.32 Å². The molecular weight excluding hydrogens is 110 g/mol. The van der Waals surface area contributed by atoms with Gasteiger partial charge in [0.05, 0.1) is 6.54 Å². The Morgan fingerprint density at radius 1 is 1.44 bits per heavy atom. The Balaban J connectivity index is 2.06. The van der Waals surface area contributed by atoms with E-state index in [0.717, 1.165) is 0 Å². The Hall–Kier alpha value is -0.480. The Bertz CT molecular complexity index is 106. The summed E-state index contributed by atoms with van der Waals surface area (Å²) in [5.74, 6) is 2.53. The standard InChI is InChI=1S/C8H12N/c1-2-7-9-8-5-3-4-6-8/h1,8H,3-7H2. The van der Waals surface area contributed by atoms with Crippen molar-refractivity contribution >= 4 is 0 Å². The SMILES string of the molecule is C#CC[N]C1CCCC1. The third-order valence-corrected chi connectivity index (χ3v) is 1.77. The summed E-state index contributed by atoms with van der Waals surface area (Å²) in [6.07, 6.45) is 10.3. The molecule has 0 aromatic heterocycles. The molecule has 0 aromatic rings. The summed E-state index contributed by atoms with van der Waals surface area (Å²) in [5, 5.41) is 4.31. The number of hydrogen-bond acceptors (Lipinski definition) is 0. The maximum atomic E-state index is 5.06. The summed E-state index contributed by atoms with van der Waals surface area (Å²) in [4.78, 5) is 0. The maximum Gasteiger partial charge on any atom is 0.0745 e. The summed E-state index contributed by atoms with van der Waals surface area (Å²) in [6.45, 7) is 0.616. The van der Waals surface area contributed by atoms with Crippen LogP contribution >= 0.6 is 0 Å². The van der Waals surface area contributed by atoms with Gasteiger partial charge in [-0.15, -0.1) is 6.42 Å². The lowest BCUT2D eigenvalue weighted by Gasteiger charge is -2.03. The summed E-state index contributed by atoms with van der Waals surface area (Å²) in [6, 6.07) is 0.598. The van der Waals surface area contributed by atoms with E-state index in [1.165, 1.54) is 25.7 Å². The average molecular weight is 122 g/mol. The van der Waals surface area contributed by atoms with Crippen LogP contribution in [0.15, 0.2) is 0 Å². The Labute approximate surface area is 56.8 Å². The fourth-order valence-corrected chi connectivity index (χ4v) is 1.27. The molecule has 1 radical (unpaired) electrons. The molecule has 49 valence electrons. The molecule has 0 bridgehead atoms. The lowest BCUT2D eigenvalue weighted by molar-refractivity contribution is 0.549. The highest BCUT2D eigenvalue weighted by Gasteiger charge is 2.13. The minimum absolute atomic E-state index is 0.598. The molecule has 0 N–H and O–H groups in total. The summed E-state index contributed by atoms with van der Waals surface area (Å²) in [7, 11) is 0. The van der Waals surface area contributed by atoms with Crippen molar-refractivity contribution in [3.8, 4) is 12.3 Å². The highest BCUT2D eigenvalue weighted by Crippen LogP contribution is 2.17. The molecule has 0 spiro atoms. The van der Waals surface area contributed by atoms with Gasteiger partial charge in [-0.2, -0.15) is 0 Å². The van der Waals surface area contributed by atoms with Crippen LogP contribution in [0.5, 0.6) is 0 Å². The van der Waals surface area contributed by atoms with Crippen LogP contribution in [0.25, 0.3) is 0 Å². The normalized spacial score (nSPS) is 19.9. The molecule has 9 heavy (non-hydrogen) atoms. The highest BCUT2D eigenvalue weighted by atomic mass is 14.9. The smallest absolute Gasteiger partial charge is 0.0745 e. The fourth-order valence-electron chi connectivity index (χ4n) is 1.27. The second-order valence-electron chi connectivity index (χ2n) is 2.48. The van der Waals surface area contributed by atoms with Gasteiger partial charge in [0.1, 0.15) is 0 Å². The minimum atomic E-state index is 0.598. The first-order chi connectivity index (χ1) is 4.43. The van der Waals surface area contributed by atoms with Gasteiger partial charge in [0.2, 0.25) is 0 Å². The largest absolute Gasteiger partial charge is 0.226 e. The number of nitrogens with zero attached hydrogens (tertiary/aromatic N) is 1. The first-order valence-electron chi connectivity index (χ1n) is 3.53. The van der Waals surface area contributed by atoms with Crippen molar-refractivity contribution in [1.29, 1.82) is 0 Å². The summed E-state index contributed by atoms with van der Waals surface area (Å²) < 4.78 is 0. The molecule has 0 aliphatic heterocycles. The monoisotopic (exact) mass is 122 g/mol. The van der Waals surface area contributed by atoms with Crippen LogP contribution in [0, 0.1) is 12.3 Å². The van der Waals surface area contributed by atoms with Crippen molar-refractivity contribution in [2.75, 3.05) is 6.54 Å². The summed E-state index contributed by atoms with van der Waals surface area (Å²) >= 11 is 0. The third-order valence-electron chi connectivity index (χ3n) is 1.77. The lowest BCUT2D eigenvalue weighted by Crippen LogP contribution is -2.18. The molecule has 0 unspecified atom stereocenters. The van der Waals surface area contributed by atoms with E-state index in [-0.39, 0.29) is 0 Å². The molecule has 0 saturated heterocycles. The van der Waals surface area contributed by atoms with Crippen LogP contribution in [0.2, 0.25) is 0 Å². The van der Waals surface area contributed by atoms with Gasteiger partial charge >= 0.3 is 0 Å². The Kier molecular flexibility index (Phi) is 2.60. The van der Waals surface area contributed by atoms with Gasteiger partial charge in [-0.3, -0.25) is 0 Å². The van der Waals surface area contributed by atoms with Crippen LogP contribution in [0.1, 0.15) is 25.7 Å². The van der Waals surface area contributed by atoms with Crippen molar-refractivity contribution in [2.24, 2.45) is 0 Å². The molecule has 1 aliphatic rings. The second kappa shape index (κ2) is 3.53. The topological polar surface area (TPSA) is 14.1 Å². The molecule has 0 amide bonds. The van der Waals surface area contributed by atoms with Gasteiger partial charge in [0, 0.05) is 6.04 Å². The molecule has 1 saturated carbocycles. The van der Waals surface area contributed by atoms with E-state index in [0.29, 0.717) is 12.6 Å². The molecule has 0 atom stereocenters. The van der Waals surface area contributed by atoms with Crippen LogP contribution < -0.4 is 5.32 Å². The van der Waals surface area contributed by atoms with Crippen LogP contribution in [0.4, 0.5) is 0 Å². The summed E-state index contributed by atoms with van der Waals surface area (Å²) in [5.41, 5.74) is 0. The van der Waals surface area contributed by atoms with Crippen molar-refractivity contribution < 1.29 is 0 Å². The zero-order valence-corrected chi connectivity index (χ0v) is 5.64. The first-order valence-corrected chi connectivity index (χ1v) is 3.53. The van der Waals surface area contributed by atoms with Gasteiger partial charge in [0.15, 0.2) is 0 Å². The predicted octanol–water partition coefficient (Wildman–Crippen LogP) is 1.17. The zero-order chi connectivity index (χ0) is 6.53. The third kappa shape index (κ3) is 2.07. The van der Waals surface area contributed by atoms with Gasteiger partial charge in [-0.05, 0) is 12.8 Å². The van der Waals surface area contributed by atoms with Gasteiger partial charge < -0.3 is 0 Å². The quantitative estimate of drug-likeness (QED) is 0.488. The van der Waals surface area contributed by atoms with E-state index < -0.39 is 0 Å². The van der Waals surface area contributed by atoms with E-state index in [4.69, 9.17) is 6.42 Å². The van der Waals surface area contributed by atoms with Crippen LogP contribution in [-0.2, 0) is 0 Å². The molecular formula is C8H12N. The van der Waals surface area contributed by atoms with Gasteiger partial charge in [-0.1, -0.05) is 18.8 Å². The van der Waals surface area contributed by atoms with Crippen molar-refractivity contribution in [3.05, 3.63) is 0 Å². The van der Waals surface area contributed by atoms with E-state index in [2.05, 4.69) is 11.2 Å². The van der Waals surface area contributed by atoms with E-state index >= 15 is 0 Å². The van der Waals surface area contributed by atoms with E-state index in [1.807, 2.05) is 0 Å². The molecule has 0 aromatic carbocycles. The molecule has 1 rings (SSSR count). The molecule has 1 fully saturated rings. The molecule has 1 aliphatic carbocycles. The van der Waals surface area contributed by atoms with E-state index in [9.17, 15) is 0 Å². The fraction of sp³-hybridized carbons (Fsp3) is 0.750. The number of terminal acetylenes is 1. The van der Waals surface area contributed by atoms with Crippen LogP contribution in [-0.4, -0.2) is 12.6 Å². The van der Waals surface area contributed by atoms with Crippen molar-refractivity contribution in [2.45, 2.75) is 31.7 Å². The van der Waals surface area contributed by atoms with Crippen molar-refractivity contribution in [3.63, 3.8) is 0 Å². The lowest BCUT2D eigenvalue weighted by atomic mass is 10.2.